The highest BCUT2D eigenvalue weighted by molar-refractivity contribution is 6.06. The van der Waals surface area contributed by atoms with Gasteiger partial charge in [-0.1, -0.05) is 86.6 Å². The van der Waals surface area contributed by atoms with Gasteiger partial charge in [-0.25, -0.2) is 0 Å². The van der Waals surface area contributed by atoms with Crippen LogP contribution in [-0.4, -0.2) is 5.11 Å². The monoisotopic (exact) mass is 336 g/mol. The number of fused-ring (bicyclic) bond motifs is 2. The number of benzene rings is 4. The second kappa shape index (κ2) is 5.22. The number of phenols is 1. The van der Waals surface area contributed by atoms with Crippen molar-refractivity contribution in [3.63, 3.8) is 0 Å². The van der Waals surface area contributed by atoms with Crippen molar-refractivity contribution >= 4 is 10.8 Å². The molecule has 0 aromatic heterocycles. The van der Waals surface area contributed by atoms with E-state index in [0.29, 0.717) is 5.75 Å². The topological polar surface area (TPSA) is 20.2 Å². The number of hydrogen-bond acceptors (Lipinski definition) is 1. The molecule has 1 heteroatoms. The normalized spacial score (nSPS) is 14.2. The van der Waals surface area contributed by atoms with Crippen LogP contribution in [0.1, 0.15) is 25.0 Å². The van der Waals surface area contributed by atoms with E-state index in [-0.39, 0.29) is 5.41 Å². The summed E-state index contributed by atoms with van der Waals surface area (Å²) in [6.07, 6.45) is 0. The van der Waals surface area contributed by atoms with Crippen LogP contribution in [0.15, 0.2) is 78.9 Å². The van der Waals surface area contributed by atoms with Crippen molar-refractivity contribution in [2.75, 3.05) is 0 Å². The highest BCUT2D eigenvalue weighted by atomic mass is 16.3. The smallest absolute Gasteiger partial charge is 0.124 e. The third-order valence-electron chi connectivity index (χ3n) is 5.74. The van der Waals surface area contributed by atoms with E-state index in [1.165, 1.54) is 33.0 Å². The molecular formula is C25H20O. The van der Waals surface area contributed by atoms with Crippen LogP contribution in [0.5, 0.6) is 5.75 Å². The lowest BCUT2D eigenvalue weighted by molar-refractivity contribution is 0.477. The third kappa shape index (κ3) is 1.91. The molecule has 0 fully saturated rings. The van der Waals surface area contributed by atoms with Gasteiger partial charge in [0.25, 0.3) is 0 Å². The average Bonchev–Trinajstić information content (AvgIpc) is 2.67. The summed E-state index contributed by atoms with van der Waals surface area (Å²) in [6.45, 7) is 4.58. The Hall–Kier alpha value is -3.06. The van der Waals surface area contributed by atoms with Gasteiger partial charge in [-0.3, -0.25) is 0 Å². The molecule has 0 saturated heterocycles. The van der Waals surface area contributed by atoms with Crippen molar-refractivity contribution in [1.82, 2.24) is 0 Å². The molecular weight excluding hydrogens is 316 g/mol. The zero-order valence-electron chi connectivity index (χ0n) is 15.0. The average molecular weight is 336 g/mol. The van der Waals surface area contributed by atoms with Crippen LogP contribution in [0.3, 0.4) is 0 Å². The fourth-order valence-corrected chi connectivity index (χ4v) is 4.59. The Bertz CT molecular complexity index is 1150. The fraction of sp³-hybridized carbons (Fsp3) is 0.120. The zero-order valence-corrected chi connectivity index (χ0v) is 15.0. The van der Waals surface area contributed by atoms with Gasteiger partial charge in [0.15, 0.2) is 0 Å². The van der Waals surface area contributed by atoms with E-state index in [1.807, 2.05) is 18.2 Å². The number of hydrogen-bond donors (Lipinski definition) is 1. The van der Waals surface area contributed by atoms with Gasteiger partial charge in [0.2, 0.25) is 0 Å². The molecule has 126 valence electrons. The molecule has 1 nitrogen and oxygen atoms in total. The van der Waals surface area contributed by atoms with E-state index >= 15 is 0 Å². The molecule has 0 aliphatic heterocycles. The highest BCUT2D eigenvalue weighted by Crippen LogP contribution is 2.53. The number of phenolic OH excluding ortho intramolecular Hbond substituents is 1. The van der Waals surface area contributed by atoms with E-state index in [4.69, 9.17) is 0 Å². The van der Waals surface area contributed by atoms with Gasteiger partial charge in [-0.2, -0.15) is 0 Å². The van der Waals surface area contributed by atoms with Gasteiger partial charge in [0.05, 0.1) is 0 Å². The standard InChI is InChI=1S/C25H20O/c1-25(2)20-13-6-10-17-14-15-21(26)23(22(17)20)19-12-7-11-18(24(19)25)16-8-4-3-5-9-16/h3-15,26H,1-2H3. The zero-order chi connectivity index (χ0) is 17.9. The maximum Gasteiger partial charge on any atom is 0.124 e. The number of rotatable bonds is 1. The van der Waals surface area contributed by atoms with E-state index in [1.54, 1.807) is 0 Å². The molecule has 0 amide bonds. The van der Waals surface area contributed by atoms with Crippen molar-refractivity contribution in [3.05, 3.63) is 90.0 Å². The van der Waals surface area contributed by atoms with Crippen molar-refractivity contribution in [1.29, 1.82) is 0 Å². The molecule has 1 aliphatic carbocycles. The van der Waals surface area contributed by atoms with Crippen LogP contribution in [0.25, 0.3) is 33.0 Å². The molecule has 0 unspecified atom stereocenters. The molecule has 0 radical (unpaired) electrons. The lowest BCUT2D eigenvalue weighted by Gasteiger charge is -2.37. The van der Waals surface area contributed by atoms with Gasteiger partial charge in [-0.05, 0) is 44.7 Å². The predicted octanol–water partition coefficient (Wildman–Crippen LogP) is 6.52. The Balaban J connectivity index is 1.98. The number of aromatic hydroxyl groups is 1. The SMILES string of the molecule is CC1(C)c2c(-c3ccccc3)cccc2-c2c(O)ccc3cccc1c23. The summed E-state index contributed by atoms with van der Waals surface area (Å²) in [5.74, 6) is 0.354. The summed E-state index contributed by atoms with van der Waals surface area (Å²) >= 11 is 0. The molecule has 5 rings (SSSR count). The first-order chi connectivity index (χ1) is 12.6. The van der Waals surface area contributed by atoms with Crippen LogP contribution in [-0.2, 0) is 5.41 Å². The summed E-state index contributed by atoms with van der Waals surface area (Å²) in [6, 6.07) is 27.3. The van der Waals surface area contributed by atoms with Crippen LogP contribution in [0.4, 0.5) is 0 Å². The van der Waals surface area contributed by atoms with Gasteiger partial charge < -0.3 is 5.11 Å². The van der Waals surface area contributed by atoms with E-state index in [2.05, 4.69) is 74.5 Å². The molecule has 4 aromatic carbocycles. The summed E-state index contributed by atoms with van der Waals surface area (Å²) in [7, 11) is 0. The Morgan fingerprint density at radius 3 is 2.23 bits per heavy atom. The van der Waals surface area contributed by atoms with Crippen molar-refractivity contribution in [2.24, 2.45) is 0 Å². The maximum absolute atomic E-state index is 10.7. The largest absolute Gasteiger partial charge is 0.507 e. The Morgan fingerprint density at radius 2 is 1.42 bits per heavy atom. The minimum absolute atomic E-state index is 0.151. The first-order valence-electron chi connectivity index (χ1n) is 9.03. The lowest BCUT2D eigenvalue weighted by Crippen LogP contribution is -2.24. The van der Waals surface area contributed by atoms with E-state index in [9.17, 15) is 5.11 Å². The minimum atomic E-state index is -0.151. The minimum Gasteiger partial charge on any atom is -0.507 e. The molecule has 0 saturated carbocycles. The quantitative estimate of drug-likeness (QED) is 0.419. The third-order valence-corrected chi connectivity index (χ3v) is 5.74. The second-order valence-corrected chi connectivity index (χ2v) is 7.58. The fourth-order valence-electron chi connectivity index (χ4n) is 4.59. The predicted molar refractivity (Wildman–Crippen MR) is 109 cm³/mol. The van der Waals surface area contributed by atoms with Crippen molar-refractivity contribution < 1.29 is 5.11 Å². The molecule has 0 spiro atoms. The van der Waals surface area contributed by atoms with Crippen molar-refractivity contribution in [2.45, 2.75) is 19.3 Å². The Morgan fingerprint density at radius 1 is 0.692 bits per heavy atom. The van der Waals surface area contributed by atoms with Crippen LogP contribution in [0, 0.1) is 0 Å². The van der Waals surface area contributed by atoms with Gasteiger partial charge >= 0.3 is 0 Å². The maximum atomic E-state index is 10.7. The van der Waals surface area contributed by atoms with Crippen LogP contribution >= 0.6 is 0 Å². The van der Waals surface area contributed by atoms with Gasteiger partial charge in [0, 0.05) is 11.0 Å². The highest BCUT2D eigenvalue weighted by Gasteiger charge is 2.36. The molecule has 1 N–H and O–H groups in total. The Kier molecular flexibility index (Phi) is 3.05. The van der Waals surface area contributed by atoms with Crippen molar-refractivity contribution in [3.8, 4) is 28.0 Å². The van der Waals surface area contributed by atoms with E-state index < -0.39 is 0 Å². The first kappa shape index (κ1) is 15.2. The lowest BCUT2D eigenvalue weighted by atomic mass is 9.66. The molecule has 0 heterocycles. The van der Waals surface area contributed by atoms with Crippen LogP contribution < -0.4 is 0 Å². The molecule has 26 heavy (non-hydrogen) atoms. The molecule has 1 aliphatic rings. The Labute approximate surface area is 153 Å². The summed E-state index contributed by atoms with van der Waals surface area (Å²) in [5, 5.41) is 13.1. The summed E-state index contributed by atoms with van der Waals surface area (Å²) in [5.41, 5.74) is 6.96. The van der Waals surface area contributed by atoms with Gasteiger partial charge in [-0.15, -0.1) is 0 Å². The summed E-state index contributed by atoms with van der Waals surface area (Å²) < 4.78 is 0. The molecule has 0 bridgehead atoms. The van der Waals surface area contributed by atoms with Gasteiger partial charge in [0.1, 0.15) is 5.75 Å². The van der Waals surface area contributed by atoms with E-state index in [0.717, 1.165) is 11.1 Å². The summed E-state index contributed by atoms with van der Waals surface area (Å²) in [4.78, 5) is 0. The molecule has 4 aromatic rings. The van der Waals surface area contributed by atoms with Crippen LogP contribution in [0.2, 0.25) is 0 Å². The molecule has 0 atom stereocenters. The second-order valence-electron chi connectivity index (χ2n) is 7.58. The first-order valence-corrected chi connectivity index (χ1v) is 9.03.